The summed E-state index contributed by atoms with van der Waals surface area (Å²) in [5.74, 6) is -0.231. The molecule has 4 heteroatoms. The van der Waals surface area contributed by atoms with Crippen molar-refractivity contribution in [3.63, 3.8) is 0 Å². The predicted molar refractivity (Wildman–Crippen MR) is 63.9 cm³/mol. The van der Waals surface area contributed by atoms with Gasteiger partial charge in [0.15, 0.2) is 0 Å². The van der Waals surface area contributed by atoms with Crippen LogP contribution < -0.4 is 0 Å². The predicted octanol–water partition coefficient (Wildman–Crippen LogP) is 2.40. The van der Waals surface area contributed by atoms with Crippen LogP contribution in [-0.2, 0) is 4.74 Å². The Morgan fingerprint density at radius 1 is 1.39 bits per heavy atom. The van der Waals surface area contributed by atoms with Gasteiger partial charge in [-0.15, -0.1) is 0 Å². The third-order valence-corrected chi connectivity index (χ3v) is 3.25. The second kappa shape index (κ2) is 4.50. The molecule has 1 fully saturated rings. The fraction of sp³-hybridized carbons (Fsp3) is 0.357. The van der Waals surface area contributed by atoms with Crippen LogP contribution in [0, 0.1) is 29.6 Å². The fourth-order valence-electron chi connectivity index (χ4n) is 2.14. The first kappa shape index (κ1) is 12.1. The molecule has 0 unspecified atom stereocenters. The number of carbonyl (C=O) groups is 1. The maximum absolute atomic E-state index is 11.8. The molecule has 1 aliphatic carbocycles. The fourth-order valence-corrected chi connectivity index (χ4v) is 2.14. The summed E-state index contributed by atoms with van der Waals surface area (Å²) >= 11 is 0. The Bertz CT molecular complexity index is 602. The van der Waals surface area contributed by atoms with Crippen LogP contribution in [0.2, 0.25) is 0 Å². The molecular weight excluding hydrogens is 228 g/mol. The van der Waals surface area contributed by atoms with E-state index in [-0.39, 0.29) is 5.92 Å². The first-order valence-corrected chi connectivity index (χ1v) is 5.70. The van der Waals surface area contributed by atoms with Gasteiger partial charge < -0.3 is 4.74 Å². The molecule has 4 nitrogen and oxygen atoms in total. The Balaban J connectivity index is 2.75. The molecule has 1 aromatic carbocycles. The molecule has 1 saturated carbocycles. The van der Waals surface area contributed by atoms with E-state index in [2.05, 4.69) is 6.07 Å². The molecule has 0 saturated heterocycles. The van der Waals surface area contributed by atoms with Gasteiger partial charge in [0.2, 0.25) is 0 Å². The molecule has 0 amide bonds. The van der Waals surface area contributed by atoms with Crippen molar-refractivity contribution in [3.8, 4) is 12.1 Å². The lowest BCUT2D eigenvalue weighted by Gasteiger charge is -2.12. The number of carbonyl (C=O) groups excluding carboxylic acids is 1. The lowest BCUT2D eigenvalue weighted by Crippen LogP contribution is -2.09. The SMILES string of the molecule is COC(=O)c1cc(C#N)c(C)c(C#N)c1C1CC1. The number of esters is 1. The number of benzene rings is 1. The lowest BCUT2D eigenvalue weighted by atomic mass is 9.90. The van der Waals surface area contributed by atoms with Crippen LogP contribution in [0.3, 0.4) is 0 Å². The van der Waals surface area contributed by atoms with Gasteiger partial charge in [-0.2, -0.15) is 10.5 Å². The molecule has 0 N–H and O–H groups in total. The summed E-state index contributed by atoms with van der Waals surface area (Å²) < 4.78 is 4.74. The third-order valence-electron chi connectivity index (χ3n) is 3.25. The molecule has 1 aliphatic rings. The number of nitrogens with zero attached hydrogens (tertiary/aromatic N) is 2. The quantitative estimate of drug-likeness (QED) is 0.744. The van der Waals surface area contributed by atoms with Gasteiger partial charge in [0.25, 0.3) is 0 Å². The number of nitriles is 2. The van der Waals surface area contributed by atoms with Crippen molar-refractivity contribution in [2.45, 2.75) is 25.7 Å². The summed E-state index contributed by atoms with van der Waals surface area (Å²) in [5, 5.41) is 18.3. The van der Waals surface area contributed by atoms with Gasteiger partial charge in [0.05, 0.1) is 35.9 Å². The van der Waals surface area contributed by atoms with Crippen molar-refractivity contribution in [1.29, 1.82) is 10.5 Å². The van der Waals surface area contributed by atoms with Crippen molar-refractivity contribution in [2.75, 3.05) is 7.11 Å². The normalized spacial score (nSPS) is 13.6. The minimum Gasteiger partial charge on any atom is -0.465 e. The Hall–Kier alpha value is -2.33. The summed E-state index contributed by atoms with van der Waals surface area (Å²) in [6.07, 6.45) is 1.95. The molecule has 0 aliphatic heterocycles. The van der Waals surface area contributed by atoms with Crippen LogP contribution in [-0.4, -0.2) is 13.1 Å². The van der Waals surface area contributed by atoms with E-state index in [9.17, 15) is 10.1 Å². The van der Waals surface area contributed by atoms with E-state index in [0.29, 0.717) is 22.3 Å². The van der Waals surface area contributed by atoms with E-state index >= 15 is 0 Å². The highest BCUT2D eigenvalue weighted by Crippen LogP contribution is 2.44. The van der Waals surface area contributed by atoms with Crippen molar-refractivity contribution in [3.05, 3.63) is 33.9 Å². The van der Waals surface area contributed by atoms with Crippen LogP contribution >= 0.6 is 0 Å². The maximum atomic E-state index is 11.8. The van der Waals surface area contributed by atoms with Gasteiger partial charge in [-0.05, 0) is 42.9 Å². The summed E-state index contributed by atoms with van der Waals surface area (Å²) in [6, 6.07) is 5.67. The van der Waals surface area contributed by atoms with Gasteiger partial charge in [-0.1, -0.05) is 0 Å². The first-order chi connectivity index (χ1) is 8.63. The Labute approximate surface area is 105 Å². The number of hydrogen-bond acceptors (Lipinski definition) is 4. The smallest absolute Gasteiger partial charge is 0.338 e. The average molecular weight is 240 g/mol. The topological polar surface area (TPSA) is 73.9 Å². The molecule has 0 aromatic heterocycles. The molecule has 18 heavy (non-hydrogen) atoms. The van der Waals surface area contributed by atoms with Crippen molar-refractivity contribution in [1.82, 2.24) is 0 Å². The Kier molecular flexibility index (Phi) is 3.04. The van der Waals surface area contributed by atoms with E-state index in [1.807, 2.05) is 6.07 Å². The zero-order chi connectivity index (χ0) is 13.3. The van der Waals surface area contributed by atoms with Gasteiger partial charge in [-0.25, -0.2) is 4.79 Å². The molecule has 0 spiro atoms. The Morgan fingerprint density at radius 2 is 2.06 bits per heavy atom. The minimum atomic E-state index is -0.482. The van der Waals surface area contributed by atoms with Crippen LogP contribution in [0.1, 0.15) is 51.4 Å². The van der Waals surface area contributed by atoms with Gasteiger partial charge in [-0.3, -0.25) is 0 Å². The van der Waals surface area contributed by atoms with Gasteiger partial charge >= 0.3 is 5.97 Å². The molecule has 0 radical (unpaired) electrons. The summed E-state index contributed by atoms with van der Waals surface area (Å²) in [4.78, 5) is 11.8. The lowest BCUT2D eigenvalue weighted by molar-refractivity contribution is 0.0599. The van der Waals surface area contributed by atoms with Crippen LogP contribution in [0.4, 0.5) is 0 Å². The highest BCUT2D eigenvalue weighted by molar-refractivity contribution is 5.93. The van der Waals surface area contributed by atoms with Crippen molar-refractivity contribution < 1.29 is 9.53 Å². The van der Waals surface area contributed by atoms with Gasteiger partial charge in [0.1, 0.15) is 0 Å². The zero-order valence-corrected chi connectivity index (χ0v) is 10.3. The monoisotopic (exact) mass is 240 g/mol. The largest absolute Gasteiger partial charge is 0.465 e. The number of methoxy groups -OCH3 is 1. The standard InChI is InChI=1S/C14H12N2O2/c1-8-10(6-15)5-11(14(17)18-2)13(9-3-4-9)12(8)7-16/h5,9H,3-4H2,1-2H3. The van der Waals surface area contributed by atoms with Crippen molar-refractivity contribution in [2.24, 2.45) is 0 Å². The maximum Gasteiger partial charge on any atom is 0.338 e. The first-order valence-electron chi connectivity index (χ1n) is 5.70. The van der Waals surface area contributed by atoms with E-state index in [0.717, 1.165) is 18.4 Å². The van der Waals surface area contributed by atoms with Crippen LogP contribution in [0.5, 0.6) is 0 Å². The Morgan fingerprint density at radius 3 is 2.50 bits per heavy atom. The zero-order valence-electron chi connectivity index (χ0n) is 10.3. The number of hydrogen-bond donors (Lipinski definition) is 0. The number of ether oxygens (including phenoxy) is 1. The highest BCUT2D eigenvalue weighted by atomic mass is 16.5. The van der Waals surface area contributed by atoms with E-state index in [4.69, 9.17) is 10.00 Å². The average Bonchev–Trinajstić information content (AvgIpc) is 3.21. The summed E-state index contributed by atoms with van der Waals surface area (Å²) in [6.45, 7) is 1.74. The molecule has 90 valence electrons. The number of rotatable bonds is 2. The molecule has 0 atom stereocenters. The molecule has 1 aromatic rings. The molecule has 2 rings (SSSR count). The second-order valence-electron chi connectivity index (χ2n) is 4.37. The minimum absolute atomic E-state index is 0.250. The summed E-state index contributed by atoms with van der Waals surface area (Å²) in [5.41, 5.74) is 2.57. The molecule has 0 bridgehead atoms. The third kappa shape index (κ3) is 1.83. The summed E-state index contributed by atoms with van der Waals surface area (Å²) in [7, 11) is 1.30. The van der Waals surface area contributed by atoms with Crippen molar-refractivity contribution >= 4 is 5.97 Å². The highest BCUT2D eigenvalue weighted by Gasteiger charge is 2.32. The second-order valence-corrected chi connectivity index (χ2v) is 4.37. The van der Waals surface area contributed by atoms with E-state index < -0.39 is 5.97 Å². The van der Waals surface area contributed by atoms with E-state index in [1.165, 1.54) is 13.2 Å². The molecule has 0 heterocycles. The van der Waals surface area contributed by atoms with Gasteiger partial charge in [0, 0.05) is 0 Å². The van der Waals surface area contributed by atoms with E-state index in [1.54, 1.807) is 6.92 Å². The van der Waals surface area contributed by atoms with Crippen LogP contribution in [0.25, 0.3) is 0 Å². The van der Waals surface area contributed by atoms with Crippen LogP contribution in [0.15, 0.2) is 6.07 Å². The molecular formula is C14H12N2O2.